The Balaban J connectivity index is 0.890. The monoisotopic (exact) mass is 870 g/mol. The maximum Gasteiger partial charge on any atom is 0.255 e. The Morgan fingerprint density at radius 2 is 1.83 bits per heavy atom. The number of aryl methyl sites for hydroxylation is 1. The number of amides is 5. The second-order valence-electron chi connectivity index (χ2n) is 16.0. The lowest BCUT2D eigenvalue weighted by atomic mass is 10.0. The first-order chi connectivity index (χ1) is 30.4. The molecule has 1 saturated heterocycles. The average molecular weight is 871 g/mol. The molecule has 0 saturated carbocycles. The molecule has 0 spiro atoms. The number of hydrogen-bond acceptors (Lipinski definition) is 10. The topological polar surface area (TPSA) is 159 Å². The van der Waals surface area contributed by atoms with E-state index in [9.17, 15) is 24.0 Å². The molecule has 5 amide bonds. The number of fused-ring (bicyclic) bond motifs is 2. The molecule has 0 aliphatic carbocycles. The molecule has 1 fully saturated rings. The summed E-state index contributed by atoms with van der Waals surface area (Å²) in [5.74, 6) is 0.950. The molecule has 2 aliphatic heterocycles. The van der Waals surface area contributed by atoms with E-state index in [4.69, 9.17) is 9.72 Å². The largest absolute Gasteiger partial charge is 0.496 e. The molecule has 1 atom stereocenters. The van der Waals surface area contributed by atoms with Crippen LogP contribution in [0.3, 0.4) is 0 Å². The van der Waals surface area contributed by atoms with Crippen molar-refractivity contribution in [1.29, 1.82) is 0 Å². The number of thioether (sulfide) groups is 1. The van der Waals surface area contributed by atoms with Crippen LogP contribution in [-0.2, 0) is 39.2 Å². The molecule has 63 heavy (non-hydrogen) atoms. The van der Waals surface area contributed by atoms with E-state index < -0.39 is 11.9 Å². The van der Waals surface area contributed by atoms with E-state index in [1.54, 1.807) is 40.9 Å². The Kier molecular flexibility index (Phi) is 14.2. The smallest absolute Gasteiger partial charge is 0.255 e. The summed E-state index contributed by atoms with van der Waals surface area (Å²) in [5.41, 5.74) is 6.62. The van der Waals surface area contributed by atoms with Gasteiger partial charge in [0.2, 0.25) is 23.6 Å². The van der Waals surface area contributed by atoms with Gasteiger partial charge in [0.25, 0.3) is 5.91 Å². The molecule has 2 aliphatic rings. The maximum absolute atomic E-state index is 13.2. The number of para-hydroxylation sites is 1. The second-order valence-corrected chi connectivity index (χ2v) is 17.1. The summed E-state index contributed by atoms with van der Waals surface area (Å²) in [4.78, 5) is 78.9. The first kappa shape index (κ1) is 44.6. The minimum absolute atomic E-state index is 0.0710. The molecule has 3 aromatic carbocycles. The van der Waals surface area contributed by atoms with Gasteiger partial charge in [0, 0.05) is 111 Å². The number of carbonyl (C=O) groups is 5. The van der Waals surface area contributed by atoms with Crippen LogP contribution in [0.2, 0.25) is 0 Å². The number of anilines is 2. The van der Waals surface area contributed by atoms with Gasteiger partial charge in [0.1, 0.15) is 17.6 Å². The van der Waals surface area contributed by atoms with Crippen molar-refractivity contribution in [3.05, 3.63) is 108 Å². The van der Waals surface area contributed by atoms with E-state index in [0.717, 1.165) is 75.3 Å². The third-order valence-corrected chi connectivity index (χ3v) is 12.9. The van der Waals surface area contributed by atoms with Crippen molar-refractivity contribution >= 4 is 63.6 Å². The minimum atomic E-state index is -0.631. The molecular weight excluding hydrogens is 817 g/mol. The van der Waals surface area contributed by atoms with Crippen LogP contribution in [0.1, 0.15) is 72.3 Å². The van der Waals surface area contributed by atoms with Gasteiger partial charge in [0.15, 0.2) is 0 Å². The molecule has 14 nitrogen and oxygen atoms in total. The molecule has 0 bridgehead atoms. The van der Waals surface area contributed by atoms with E-state index in [1.807, 2.05) is 68.5 Å². The van der Waals surface area contributed by atoms with Gasteiger partial charge in [-0.3, -0.25) is 29.3 Å². The first-order valence-electron chi connectivity index (χ1n) is 21.3. The zero-order valence-corrected chi connectivity index (χ0v) is 37.1. The number of ether oxygens (including phenoxy) is 1. The van der Waals surface area contributed by atoms with Gasteiger partial charge in [0.05, 0.1) is 24.2 Å². The van der Waals surface area contributed by atoms with Gasteiger partial charge in [-0.1, -0.05) is 43.7 Å². The Morgan fingerprint density at radius 1 is 1.02 bits per heavy atom. The fraction of sp³-hybridized carbons (Fsp3) is 0.354. The summed E-state index contributed by atoms with van der Waals surface area (Å²) >= 11 is 1.71. The van der Waals surface area contributed by atoms with Gasteiger partial charge < -0.3 is 29.3 Å². The average Bonchev–Trinajstić information content (AvgIpc) is 3.81. The highest BCUT2D eigenvalue weighted by Gasteiger charge is 2.39. The number of rotatable bonds is 19. The van der Waals surface area contributed by atoms with Crippen LogP contribution in [0, 0.1) is 0 Å². The van der Waals surface area contributed by atoms with Crippen LogP contribution in [0.15, 0.2) is 90.6 Å². The summed E-state index contributed by atoms with van der Waals surface area (Å²) in [6.45, 7) is 4.99. The van der Waals surface area contributed by atoms with E-state index in [0.29, 0.717) is 61.7 Å². The number of piperidine rings is 1. The number of imide groups is 1. The molecule has 2 N–H and O–H groups in total. The fourth-order valence-corrected chi connectivity index (χ4v) is 9.33. The Morgan fingerprint density at radius 3 is 2.62 bits per heavy atom. The molecule has 7 rings (SSSR count). The van der Waals surface area contributed by atoms with E-state index in [1.165, 1.54) is 6.08 Å². The quantitative estimate of drug-likeness (QED) is 0.0393. The van der Waals surface area contributed by atoms with Crippen LogP contribution >= 0.6 is 11.8 Å². The summed E-state index contributed by atoms with van der Waals surface area (Å²) in [5, 5.41) is 6.43. The summed E-state index contributed by atoms with van der Waals surface area (Å²) in [6.07, 6.45) is 10.1. The van der Waals surface area contributed by atoms with Crippen molar-refractivity contribution in [3.8, 4) is 17.0 Å². The molecule has 15 heteroatoms. The predicted octanol–water partition coefficient (Wildman–Crippen LogP) is 6.76. The summed E-state index contributed by atoms with van der Waals surface area (Å²) in [7, 11) is 7.36. The van der Waals surface area contributed by atoms with Crippen LogP contribution < -0.4 is 20.3 Å². The lowest BCUT2D eigenvalue weighted by Crippen LogP contribution is -2.52. The van der Waals surface area contributed by atoms with Crippen LogP contribution in [0.25, 0.3) is 22.2 Å². The number of carbonyl (C=O) groups excluding carboxylic acids is 5. The van der Waals surface area contributed by atoms with Crippen molar-refractivity contribution in [3.63, 3.8) is 0 Å². The SMILES string of the molecule is C=CC(=O)Nc1cc(Cc2nccc(-c3cn(C)c4ccccc34)n2)c(OC)cc1N(C)CCN(C)C(=O)CCCCCCSc1cccc2c1CN(C1CCC(=O)NC1=O)C2=O. The van der Waals surface area contributed by atoms with E-state index in [2.05, 4.69) is 45.1 Å². The predicted molar refractivity (Wildman–Crippen MR) is 246 cm³/mol. The van der Waals surface area contributed by atoms with E-state index >= 15 is 0 Å². The summed E-state index contributed by atoms with van der Waals surface area (Å²) in [6, 6.07) is 19.0. The third-order valence-electron chi connectivity index (χ3n) is 11.8. The Hall–Kier alpha value is -6.48. The van der Waals surface area contributed by atoms with E-state index in [-0.39, 0.29) is 30.0 Å². The highest BCUT2D eigenvalue weighted by Crippen LogP contribution is 2.37. The molecule has 4 heterocycles. The number of nitrogens with one attached hydrogen (secondary N) is 2. The van der Waals surface area contributed by atoms with Gasteiger partial charge in [-0.05, 0) is 67.0 Å². The molecule has 2 aromatic heterocycles. The van der Waals surface area contributed by atoms with Gasteiger partial charge >= 0.3 is 0 Å². The minimum Gasteiger partial charge on any atom is -0.496 e. The third kappa shape index (κ3) is 10.3. The highest BCUT2D eigenvalue weighted by molar-refractivity contribution is 7.99. The van der Waals surface area contributed by atoms with Crippen LogP contribution in [0.5, 0.6) is 5.75 Å². The number of hydrogen-bond donors (Lipinski definition) is 2. The van der Waals surface area contributed by atoms with Gasteiger partial charge in [-0.15, -0.1) is 11.8 Å². The van der Waals surface area contributed by atoms with Crippen molar-refractivity contribution < 1.29 is 28.7 Å². The molecule has 5 aromatic rings. The Labute approximate surface area is 372 Å². The zero-order chi connectivity index (χ0) is 44.6. The molecule has 328 valence electrons. The molecule has 0 radical (unpaired) electrons. The number of benzene rings is 3. The van der Waals surface area contributed by atoms with Crippen LogP contribution in [0.4, 0.5) is 11.4 Å². The Bertz CT molecular complexity index is 2560. The number of methoxy groups -OCH3 is 1. The van der Waals surface area contributed by atoms with Gasteiger partial charge in [-0.25, -0.2) is 9.97 Å². The normalized spacial score (nSPS) is 14.7. The fourth-order valence-electron chi connectivity index (χ4n) is 8.23. The first-order valence-corrected chi connectivity index (χ1v) is 22.3. The highest BCUT2D eigenvalue weighted by atomic mass is 32.2. The van der Waals surface area contributed by atoms with Crippen molar-refractivity contribution in [2.75, 3.05) is 50.3 Å². The van der Waals surface area contributed by atoms with Crippen molar-refractivity contribution in [1.82, 2.24) is 29.7 Å². The van der Waals surface area contributed by atoms with Crippen molar-refractivity contribution in [2.24, 2.45) is 7.05 Å². The lowest BCUT2D eigenvalue weighted by molar-refractivity contribution is -0.137. The van der Waals surface area contributed by atoms with Gasteiger partial charge in [-0.2, -0.15) is 0 Å². The molecule has 1 unspecified atom stereocenters. The molecular formula is C48H54N8O6S. The standard InChI is InChI=1S/C48H54N8O6S/c1-6-44(57)51-37-26-31(27-43-49-22-21-36(50-43)34-29-55(4)38-16-11-10-14-32(34)38)41(62-5)28-40(37)53(2)23-24-54(3)46(59)18-9-7-8-12-25-63-42-17-13-15-33-35(42)30-56(48(33)61)39-19-20-45(58)52-47(39)60/h6,10-11,13-17,21-22,26,28-29,39H,1,7-9,12,18-20,23-25,27,30H2,2-5H3,(H,51,57)(H,52,58,60). The number of nitrogens with zero attached hydrogens (tertiary/aromatic N) is 6. The number of unbranched alkanes of at least 4 members (excludes halogenated alkanes) is 3. The second kappa shape index (κ2) is 20.1. The maximum atomic E-state index is 13.2. The van der Waals surface area contributed by atoms with Crippen molar-refractivity contribution in [2.45, 2.75) is 68.8 Å². The number of likely N-dealkylation sites (N-methyl/N-ethyl adjacent to an activating group) is 2. The lowest BCUT2D eigenvalue weighted by Gasteiger charge is -2.29. The number of aromatic nitrogens is 3. The summed E-state index contributed by atoms with van der Waals surface area (Å²) < 4.78 is 7.96. The van der Waals surface area contributed by atoms with Crippen LogP contribution in [-0.4, -0.2) is 100.0 Å². The zero-order valence-electron chi connectivity index (χ0n) is 36.3.